The smallest absolute Gasteiger partial charge is 0.267 e. The van der Waals surface area contributed by atoms with E-state index in [0.29, 0.717) is 30.3 Å². The molecule has 24 heavy (non-hydrogen) atoms. The first kappa shape index (κ1) is 17.0. The van der Waals surface area contributed by atoms with E-state index in [0.717, 1.165) is 18.7 Å². The van der Waals surface area contributed by atoms with Crippen molar-refractivity contribution in [1.29, 1.82) is 0 Å². The molecular weight excluding hydrogens is 324 g/mol. The molecular formula is C18H22N2O3S. The Hall–Kier alpha value is -1.89. The Balaban J connectivity index is 1.53. The number of ether oxygens (including phenoxy) is 1. The van der Waals surface area contributed by atoms with Gasteiger partial charge >= 0.3 is 0 Å². The zero-order chi connectivity index (χ0) is 16.9. The third kappa shape index (κ3) is 3.77. The lowest BCUT2D eigenvalue weighted by Crippen LogP contribution is -2.49. The molecule has 6 heteroatoms. The van der Waals surface area contributed by atoms with E-state index < -0.39 is 6.10 Å². The first-order valence-electron chi connectivity index (χ1n) is 8.05. The summed E-state index contributed by atoms with van der Waals surface area (Å²) < 4.78 is 5.24. The highest BCUT2D eigenvalue weighted by Gasteiger charge is 2.26. The number of carbonyl (C=O) groups is 1. The van der Waals surface area contributed by atoms with E-state index >= 15 is 0 Å². The lowest BCUT2D eigenvalue weighted by atomic mass is 10.1. The number of hydrogen-bond donors (Lipinski definition) is 1. The van der Waals surface area contributed by atoms with Crippen molar-refractivity contribution in [1.82, 2.24) is 9.80 Å². The number of thiophene rings is 1. The van der Waals surface area contributed by atoms with E-state index in [1.165, 1.54) is 11.3 Å². The van der Waals surface area contributed by atoms with Crippen LogP contribution < -0.4 is 4.74 Å². The lowest BCUT2D eigenvalue weighted by molar-refractivity contribution is 0.0529. The molecule has 1 aliphatic rings. The Labute approximate surface area is 146 Å². The average Bonchev–Trinajstić information content (AvgIpc) is 3.11. The molecule has 0 saturated carbocycles. The van der Waals surface area contributed by atoms with Gasteiger partial charge in [0.2, 0.25) is 0 Å². The van der Waals surface area contributed by atoms with Gasteiger partial charge in [-0.05, 0) is 17.0 Å². The van der Waals surface area contributed by atoms with E-state index in [1.807, 2.05) is 46.7 Å². The van der Waals surface area contributed by atoms with Crippen LogP contribution in [0.2, 0.25) is 0 Å². The number of hydrogen-bond acceptors (Lipinski definition) is 5. The minimum atomic E-state index is -0.495. The molecule has 1 saturated heterocycles. The van der Waals surface area contributed by atoms with E-state index in [2.05, 4.69) is 4.90 Å². The fourth-order valence-corrected chi connectivity index (χ4v) is 3.74. The minimum absolute atomic E-state index is 0.0325. The molecule has 1 aliphatic heterocycles. The van der Waals surface area contributed by atoms with Crippen LogP contribution >= 0.6 is 11.3 Å². The Kier molecular flexibility index (Phi) is 5.50. The van der Waals surface area contributed by atoms with Crippen LogP contribution in [0.4, 0.5) is 0 Å². The summed E-state index contributed by atoms with van der Waals surface area (Å²) in [5.41, 5.74) is 0.930. The highest BCUT2D eigenvalue weighted by atomic mass is 32.1. The molecule has 0 unspecified atom stereocenters. The summed E-state index contributed by atoms with van der Waals surface area (Å²) >= 11 is 1.41. The maximum absolute atomic E-state index is 12.6. The second-order valence-electron chi connectivity index (χ2n) is 5.84. The van der Waals surface area contributed by atoms with Gasteiger partial charge in [-0.25, -0.2) is 0 Å². The summed E-state index contributed by atoms with van der Waals surface area (Å²) in [4.78, 5) is 17.3. The highest BCUT2D eigenvalue weighted by molar-refractivity contribution is 7.12. The Morgan fingerprint density at radius 3 is 2.58 bits per heavy atom. The van der Waals surface area contributed by atoms with Crippen LogP contribution in [0.1, 0.15) is 21.3 Å². The van der Waals surface area contributed by atoms with Crippen molar-refractivity contribution in [3.05, 3.63) is 52.2 Å². The van der Waals surface area contributed by atoms with Crippen LogP contribution in [-0.2, 0) is 0 Å². The molecule has 1 amide bonds. The van der Waals surface area contributed by atoms with Crippen LogP contribution in [0, 0.1) is 0 Å². The molecule has 0 bridgehead atoms. The van der Waals surface area contributed by atoms with Crippen LogP contribution in [0.15, 0.2) is 41.8 Å². The molecule has 128 valence electrons. The summed E-state index contributed by atoms with van der Waals surface area (Å²) in [6.07, 6.45) is -0.495. The fourth-order valence-electron chi connectivity index (χ4n) is 2.92. The molecule has 1 N–H and O–H groups in total. The number of rotatable bonds is 5. The summed E-state index contributed by atoms with van der Waals surface area (Å²) in [7, 11) is 1.59. The maximum atomic E-state index is 12.6. The first-order valence-corrected chi connectivity index (χ1v) is 8.93. The summed E-state index contributed by atoms with van der Waals surface area (Å²) in [5, 5.41) is 12.2. The topological polar surface area (TPSA) is 53.0 Å². The number of amides is 1. The predicted molar refractivity (Wildman–Crippen MR) is 94.6 cm³/mol. The van der Waals surface area contributed by atoms with Gasteiger partial charge in [0.1, 0.15) is 10.6 Å². The SMILES string of the molecule is COc1ccsc1C(=O)N1CCN(C[C@H](O)c2ccccc2)CC1. The van der Waals surface area contributed by atoms with Crippen LogP contribution in [0.5, 0.6) is 5.75 Å². The van der Waals surface area contributed by atoms with Crippen LogP contribution in [-0.4, -0.2) is 60.6 Å². The molecule has 1 atom stereocenters. The van der Waals surface area contributed by atoms with Gasteiger partial charge < -0.3 is 14.7 Å². The van der Waals surface area contributed by atoms with Gasteiger partial charge in [-0.3, -0.25) is 9.69 Å². The number of aliphatic hydroxyl groups excluding tert-OH is 1. The molecule has 0 spiro atoms. The maximum Gasteiger partial charge on any atom is 0.267 e. The molecule has 2 aromatic rings. The molecule has 3 rings (SSSR count). The molecule has 2 heterocycles. The van der Waals surface area contributed by atoms with E-state index in [1.54, 1.807) is 7.11 Å². The number of carbonyl (C=O) groups excluding carboxylic acids is 1. The van der Waals surface area contributed by atoms with Crippen molar-refractivity contribution in [3.63, 3.8) is 0 Å². The van der Waals surface area contributed by atoms with Crippen LogP contribution in [0.3, 0.4) is 0 Å². The number of nitrogens with zero attached hydrogens (tertiary/aromatic N) is 2. The lowest BCUT2D eigenvalue weighted by Gasteiger charge is -2.35. The second-order valence-corrected chi connectivity index (χ2v) is 6.75. The molecule has 0 radical (unpaired) electrons. The number of aliphatic hydroxyl groups is 1. The number of methoxy groups -OCH3 is 1. The van der Waals surface area contributed by atoms with Gasteiger partial charge in [-0.2, -0.15) is 0 Å². The van der Waals surface area contributed by atoms with E-state index in [4.69, 9.17) is 4.74 Å². The van der Waals surface area contributed by atoms with E-state index in [9.17, 15) is 9.90 Å². The summed E-state index contributed by atoms with van der Waals surface area (Å²) in [6.45, 7) is 3.46. The van der Waals surface area contributed by atoms with Crippen molar-refractivity contribution < 1.29 is 14.6 Å². The van der Waals surface area contributed by atoms with Crippen molar-refractivity contribution in [2.45, 2.75) is 6.10 Å². The zero-order valence-electron chi connectivity index (χ0n) is 13.7. The van der Waals surface area contributed by atoms with Gasteiger partial charge in [0, 0.05) is 32.7 Å². The molecule has 0 aliphatic carbocycles. The minimum Gasteiger partial charge on any atom is -0.495 e. The van der Waals surface area contributed by atoms with Crippen LogP contribution in [0.25, 0.3) is 0 Å². The Morgan fingerprint density at radius 1 is 1.21 bits per heavy atom. The van der Waals surface area contributed by atoms with Crippen molar-refractivity contribution in [3.8, 4) is 5.75 Å². The fraction of sp³-hybridized carbons (Fsp3) is 0.389. The molecule has 1 fully saturated rings. The largest absolute Gasteiger partial charge is 0.495 e. The third-order valence-corrected chi connectivity index (χ3v) is 5.20. The first-order chi connectivity index (χ1) is 11.7. The predicted octanol–water partition coefficient (Wildman–Crippen LogP) is 2.25. The zero-order valence-corrected chi connectivity index (χ0v) is 14.5. The third-order valence-electron chi connectivity index (χ3n) is 4.32. The Bertz CT molecular complexity index is 666. The standard InChI is InChI=1S/C18H22N2O3S/c1-23-16-7-12-24-17(16)18(22)20-10-8-19(9-11-20)13-15(21)14-5-3-2-4-6-14/h2-7,12,15,21H,8-11,13H2,1H3/t15-/m0/s1. The number of benzene rings is 1. The van der Waals surface area contributed by atoms with Gasteiger partial charge in [0.05, 0.1) is 13.2 Å². The summed E-state index contributed by atoms with van der Waals surface area (Å²) in [5.74, 6) is 0.678. The Morgan fingerprint density at radius 2 is 1.92 bits per heavy atom. The molecule has 1 aromatic carbocycles. The van der Waals surface area contributed by atoms with Crippen molar-refractivity contribution in [2.24, 2.45) is 0 Å². The molecule has 1 aromatic heterocycles. The monoisotopic (exact) mass is 346 g/mol. The van der Waals surface area contributed by atoms with Gasteiger partial charge in [-0.15, -0.1) is 11.3 Å². The molecule has 5 nitrogen and oxygen atoms in total. The normalized spacial score (nSPS) is 16.8. The van der Waals surface area contributed by atoms with Gasteiger partial charge in [-0.1, -0.05) is 30.3 Å². The quantitative estimate of drug-likeness (QED) is 0.902. The van der Waals surface area contributed by atoms with E-state index in [-0.39, 0.29) is 5.91 Å². The summed E-state index contributed by atoms with van der Waals surface area (Å²) in [6, 6.07) is 11.5. The van der Waals surface area contributed by atoms with Crippen molar-refractivity contribution in [2.75, 3.05) is 39.8 Å². The number of β-amino-alcohol motifs (C(OH)–C–C–N with tert-alkyl or cyclic N) is 1. The van der Waals surface area contributed by atoms with Gasteiger partial charge in [0.15, 0.2) is 0 Å². The van der Waals surface area contributed by atoms with Crippen molar-refractivity contribution >= 4 is 17.2 Å². The highest BCUT2D eigenvalue weighted by Crippen LogP contribution is 2.26. The average molecular weight is 346 g/mol. The number of piperazine rings is 1. The second kappa shape index (κ2) is 7.79. The van der Waals surface area contributed by atoms with Gasteiger partial charge in [0.25, 0.3) is 5.91 Å².